The van der Waals surface area contributed by atoms with Crippen LogP contribution in [0.2, 0.25) is 0 Å². The Labute approximate surface area is 165 Å². The van der Waals surface area contributed by atoms with Crippen LogP contribution in [0.1, 0.15) is 32.1 Å². The van der Waals surface area contributed by atoms with Gasteiger partial charge < -0.3 is 15.1 Å². The molecule has 0 spiro atoms. The Kier molecular flexibility index (Phi) is 5.00. The number of nitrogens with one attached hydrogen (secondary N) is 2. The minimum atomic E-state index is -0.639. The zero-order valence-corrected chi connectivity index (χ0v) is 16.4. The molecule has 1 saturated carbocycles. The van der Waals surface area contributed by atoms with E-state index < -0.39 is 5.41 Å². The van der Waals surface area contributed by atoms with Crippen LogP contribution in [0, 0.1) is 11.3 Å². The lowest BCUT2D eigenvalue weighted by Crippen LogP contribution is -2.49. The molecule has 28 heavy (non-hydrogen) atoms. The Balaban J connectivity index is 1.33. The third-order valence-electron chi connectivity index (χ3n) is 6.47. The third-order valence-corrected chi connectivity index (χ3v) is 6.47. The van der Waals surface area contributed by atoms with Crippen LogP contribution in [0.25, 0.3) is 0 Å². The van der Waals surface area contributed by atoms with E-state index in [0.717, 1.165) is 37.3 Å². The number of rotatable bonds is 6. The Morgan fingerprint density at radius 2 is 1.89 bits per heavy atom. The number of piperazine rings is 1. The molecule has 7 nitrogen and oxygen atoms in total. The van der Waals surface area contributed by atoms with E-state index in [4.69, 9.17) is 0 Å². The van der Waals surface area contributed by atoms with Crippen LogP contribution in [0.4, 0.5) is 11.4 Å². The molecular formula is C21H28N4O3. The topological polar surface area (TPSA) is 81.8 Å². The highest BCUT2D eigenvalue weighted by molar-refractivity contribution is 6.06. The predicted octanol–water partition coefficient (Wildman–Crippen LogP) is 1.60. The molecule has 0 radical (unpaired) electrons. The molecule has 4 rings (SSSR count). The van der Waals surface area contributed by atoms with Gasteiger partial charge in [-0.3, -0.25) is 19.7 Å². The van der Waals surface area contributed by atoms with Crippen LogP contribution < -0.4 is 15.5 Å². The summed E-state index contributed by atoms with van der Waals surface area (Å²) >= 11 is 0. The molecule has 1 aliphatic carbocycles. The van der Waals surface area contributed by atoms with Gasteiger partial charge in [0.25, 0.3) is 0 Å². The van der Waals surface area contributed by atoms with Crippen LogP contribution in [-0.4, -0.2) is 55.8 Å². The van der Waals surface area contributed by atoms with Crippen molar-refractivity contribution in [1.29, 1.82) is 0 Å². The van der Waals surface area contributed by atoms with Gasteiger partial charge in [0.15, 0.2) is 0 Å². The van der Waals surface area contributed by atoms with Gasteiger partial charge in [0.2, 0.25) is 17.7 Å². The Morgan fingerprint density at radius 3 is 2.50 bits per heavy atom. The number of hydrogen-bond acceptors (Lipinski definition) is 5. The fraction of sp³-hybridized carbons (Fsp3) is 0.571. The number of imide groups is 1. The summed E-state index contributed by atoms with van der Waals surface area (Å²) in [5.74, 6) is -0.00202. The Bertz CT molecular complexity index is 784. The molecule has 2 heterocycles. The van der Waals surface area contributed by atoms with Crippen LogP contribution >= 0.6 is 0 Å². The number of carbonyl (C=O) groups is 3. The second kappa shape index (κ2) is 7.45. The molecule has 7 heteroatoms. The van der Waals surface area contributed by atoms with Crippen LogP contribution in [0.15, 0.2) is 24.3 Å². The average molecular weight is 384 g/mol. The predicted molar refractivity (Wildman–Crippen MR) is 107 cm³/mol. The molecule has 1 aromatic carbocycles. The van der Waals surface area contributed by atoms with E-state index in [-0.39, 0.29) is 30.1 Å². The summed E-state index contributed by atoms with van der Waals surface area (Å²) in [6, 6.07) is 8.18. The van der Waals surface area contributed by atoms with Crippen molar-refractivity contribution >= 4 is 29.1 Å². The largest absolute Gasteiger partial charge is 0.386 e. The highest BCUT2D eigenvalue weighted by Gasteiger charge is 2.55. The summed E-state index contributed by atoms with van der Waals surface area (Å²) in [5, 5.41) is 5.67. The van der Waals surface area contributed by atoms with Gasteiger partial charge in [-0.1, -0.05) is 12.1 Å². The maximum Gasteiger partial charge on any atom is 0.233 e. The van der Waals surface area contributed by atoms with Crippen molar-refractivity contribution in [2.45, 2.75) is 32.1 Å². The summed E-state index contributed by atoms with van der Waals surface area (Å²) in [6.45, 7) is 2.94. The van der Waals surface area contributed by atoms with Crippen molar-refractivity contribution in [3.63, 3.8) is 0 Å². The third kappa shape index (κ3) is 3.45. The summed E-state index contributed by atoms with van der Waals surface area (Å²) < 4.78 is 0. The normalized spacial score (nSPS) is 25.0. The summed E-state index contributed by atoms with van der Waals surface area (Å²) in [7, 11) is 1.91. The Hall–Kier alpha value is -2.57. The van der Waals surface area contributed by atoms with E-state index in [1.807, 2.05) is 24.1 Å². The fourth-order valence-corrected chi connectivity index (χ4v) is 4.68. The van der Waals surface area contributed by atoms with Gasteiger partial charge in [0.05, 0.1) is 16.8 Å². The van der Waals surface area contributed by atoms with E-state index >= 15 is 0 Å². The first-order valence-corrected chi connectivity index (χ1v) is 10.2. The maximum atomic E-state index is 12.8. The number of hydrogen-bond donors (Lipinski definition) is 2. The van der Waals surface area contributed by atoms with Gasteiger partial charge in [-0.25, -0.2) is 0 Å². The fourth-order valence-electron chi connectivity index (χ4n) is 4.68. The summed E-state index contributed by atoms with van der Waals surface area (Å²) in [5.41, 5.74) is 1.61. The van der Waals surface area contributed by atoms with Crippen LogP contribution in [0.5, 0.6) is 0 Å². The van der Waals surface area contributed by atoms with Crippen molar-refractivity contribution < 1.29 is 14.4 Å². The minimum Gasteiger partial charge on any atom is -0.386 e. The monoisotopic (exact) mass is 384 g/mol. The molecule has 3 amide bonds. The molecule has 150 valence electrons. The smallest absolute Gasteiger partial charge is 0.233 e. The second-order valence-electron chi connectivity index (χ2n) is 8.12. The molecule has 1 atom stereocenters. The van der Waals surface area contributed by atoms with Gasteiger partial charge in [0, 0.05) is 46.1 Å². The number of carbonyl (C=O) groups excluding carboxylic acids is 3. The van der Waals surface area contributed by atoms with E-state index in [1.54, 1.807) is 0 Å². The van der Waals surface area contributed by atoms with Gasteiger partial charge >= 0.3 is 0 Å². The summed E-state index contributed by atoms with van der Waals surface area (Å²) in [4.78, 5) is 41.1. The number of para-hydroxylation sites is 2. The van der Waals surface area contributed by atoms with Crippen LogP contribution in [-0.2, 0) is 14.4 Å². The van der Waals surface area contributed by atoms with Gasteiger partial charge in [0.1, 0.15) is 0 Å². The van der Waals surface area contributed by atoms with Gasteiger partial charge in [-0.15, -0.1) is 0 Å². The van der Waals surface area contributed by atoms with Crippen molar-refractivity contribution in [3.8, 4) is 0 Å². The molecule has 1 unspecified atom stereocenters. The van der Waals surface area contributed by atoms with Crippen molar-refractivity contribution in [3.05, 3.63) is 24.3 Å². The molecule has 0 aromatic heterocycles. The number of nitrogens with zero attached hydrogens (tertiary/aromatic N) is 2. The first-order chi connectivity index (χ1) is 13.5. The quantitative estimate of drug-likeness (QED) is 0.728. The number of benzene rings is 1. The molecule has 1 aromatic rings. The number of amides is 3. The van der Waals surface area contributed by atoms with Gasteiger partial charge in [-0.05, 0) is 37.3 Å². The lowest BCUT2D eigenvalue weighted by atomic mass is 9.76. The molecule has 3 aliphatic rings. The van der Waals surface area contributed by atoms with Crippen molar-refractivity contribution in [2.24, 2.45) is 11.3 Å². The molecule has 0 bridgehead atoms. The zero-order chi connectivity index (χ0) is 19.7. The Morgan fingerprint density at radius 1 is 1.18 bits per heavy atom. The van der Waals surface area contributed by atoms with E-state index in [0.29, 0.717) is 25.9 Å². The first kappa shape index (κ1) is 18.8. The molecule has 2 aliphatic heterocycles. The highest BCUT2D eigenvalue weighted by atomic mass is 16.2. The second-order valence-corrected chi connectivity index (χ2v) is 8.12. The van der Waals surface area contributed by atoms with E-state index in [1.165, 1.54) is 0 Å². The zero-order valence-electron chi connectivity index (χ0n) is 16.4. The lowest BCUT2D eigenvalue weighted by Gasteiger charge is -2.37. The molecule has 2 saturated heterocycles. The molecule has 2 N–H and O–H groups in total. The van der Waals surface area contributed by atoms with E-state index in [9.17, 15) is 14.4 Å². The number of anilines is 2. The lowest BCUT2D eigenvalue weighted by molar-refractivity contribution is -0.134. The first-order valence-electron chi connectivity index (χ1n) is 10.2. The standard InChI is InChI=1S/C21H28N4O3/c1-22-16-4-2-3-5-17(16)24-10-12-25(13-11-24)19(27)8-9-21(15-6-7-15)14-18(26)23-20(21)28/h2-5,15,22H,6-14H2,1H3,(H,23,26,28). The SMILES string of the molecule is CNc1ccccc1N1CCN(C(=O)CCC2(C3CC3)CC(=O)NC2=O)CC1. The maximum absolute atomic E-state index is 12.8. The highest BCUT2D eigenvalue weighted by Crippen LogP contribution is 2.52. The van der Waals surface area contributed by atoms with Crippen molar-refractivity contribution in [1.82, 2.24) is 10.2 Å². The van der Waals surface area contributed by atoms with Crippen molar-refractivity contribution in [2.75, 3.05) is 43.4 Å². The van der Waals surface area contributed by atoms with E-state index in [2.05, 4.69) is 27.7 Å². The van der Waals surface area contributed by atoms with Gasteiger partial charge in [-0.2, -0.15) is 0 Å². The minimum absolute atomic E-state index is 0.0914. The molecule has 3 fully saturated rings. The molecular weight excluding hydrogens is 356 g/mol. The van der Waals surface area contributed by atoms with Crippen LogP contribution in [0.3, 0.4) is 0 Å². The average Bonchev–Trinajstić information content (AvgIpc) is 3.52. The summed E-state index contributed by atoms with van der Waals surface area (Å²) in [6.07, 6.45) is 3.04.